The van der Waals surface area contributed by atoms with E-state index in [0.29, 0.717) is 22.0 Å². The molecule has 1 aromatic heterocycles. The van der Waals surface area contributed by atoms with Crippen LogP contribution < -0.4 is 5.73 Å². The predicted molar refractivity (Wildman–Crippen MR) is 75.9 cm³/mol. The molecule has 2 rings (SSSR count). The van der Waals surface area contributed by atoms with Gasteiger partial charge in [0.2, 0.25) is 0 Å². The molecule has 1 aromatic carbocycles. The molecular formula is C14H13FN2O2S. The third kappa shape index (κ3) is 3.71. The van der Waals surface area contributed by atoms with E-state index in [9.17, 15) is 9.18 Å². The molecular weight excluding hydrogens is 279 g/mol. The van der Waals surface area contributed by atoms with E-state index in [0.717, 1.165) is 0 Å². The lowest BCUT2D eigenvalue weighted by Crippen LogP contribution is -2.05. The van der Waals surface area contributed by atoms with E-state index < -0.39 is 5.97 Å². The van der Waals surface area contributed by atoms with Gasteiger partial charge in [0, 0.05) is 16.3 Å². The second kappa shape index (κ2) is 6.38. The van der Waals surface area contributed by atoms with Gasteiger partial charge in [0.05, 0.1) is 12.8 Å². The Morgan fingerprint density at radius 3 is 2.90 bits per heavy atom. The lowest BCUT2D eigenvalue weighted by atomic mass is 10.3. The second-order valence-corrected chi connectivity index (χ2v) is 5.06. The first-order chi connectivity index (χ1) is 9.58. The van der Waals surface area contributed by atoms with Gasteiger partial charge in [-0.25, -0.2) is 14.2 Å². The quantitative estimate of drug-likeness (QED) is 0.533. The molecule has 0 amide bonds. The normalized spacial score (nSPS) is 10.3. The fourth-order valence-corrected chi connectivity index (χ4v) is 2.49. The van der Waals surface area contributed by atoms with Crippen LogP contribution in [0.4, 0.5) is 10.1 Å². The third-order valence-corrected chi connectivity index (χ3v) is 3.49. The molecule has 0 aliphatic heterocycles. The number of thioether (sulfide) groups is 1. The average Bonchev–Trinajstić information content (AvgIpc) is 2.43. The Balaban J connectivity index is 2.09. The van der Waals surface area contributed by atoms with Crippen LogP contribution in [0.1, 0.15) is 16.2 Å². The minimum atomic E-state index is -0.480. The van der Waals surface area contributed by atoms with Crippen LogP contribution >= 0.6 is 11.8 Å². The zero-order valence-corrected chi connectivity index (χ0v) is 11.6. The van der Waals surface area contributed by atoms with Gasteiger partial charge in [-0.1, -0.05) is 6.07 Å². The molecule has 0 unspecified atom stereocenters. The smallest absolute Gasteiger partial charge is 0.356 e. The highest BCUT2D eigenvalue weighted by molar-refractivity contribution is 7.98. The number of rotatable bonds is 4. The maximum atomic E-state index is 13.2. The van der Waals surface area contributed by atoms with Crippen molar-refractivity contribution in [2.75, 3.05) is 12.8 Å². The number of carbonyl (C=O) groups excluding carboxylic acids is 1. The van der Waals surface area contributed by atoms with Crippen LogP contribution in [-0.2, 0) is 10.5 Å². The molecule has 0 spiro atoms. The first kappa shape index (κ1) is 14.3. The Hall–Kier alpha value is -2.08. The Morgan fingerprint density at radius 2 is 2.20 bits per heavy atom. The summed E-state index contributed by atoms with van der Waals surface area (Å²) in [5.74, 6) is -0.344. The van der Waals surface area contributed by atoms with Crippen molar-refractivity contribution < 1.29 is 13.9 Å². The Labute approximate surface area is 120 Å². The third-order valence-electron chi connectivity index (χ3n) is 2.48. The number of methoxy groups -OCH3 is 1. The Bertz CT molecular complexity index is 614. The van der Waals surface area contributed by atoms with Crippen molar-refractivity contribution in [2.24, 2.45) is 0 Å². The molecule has 2 aromatic rings. The molecule has 2 N–H and O–H groups in total. The number of carbonyl (C=O) groups is 1. The molecule has 0 radical (unpaired) electrons. The summed E-state index contributed by atoms with van der Waals surface area (Å²) in [4.78, 5) is 16.3. The minimum absolute atomic E-state index is 0.254. The fraction of sp³-hybridized carbons (Fsp3) is 0.143. The van der Waals surface area contributed by atoms with Crippen molar-refractivity contribution in [1.82, 2.24) is 4.98 Å². The van der Waals surface area contributed by atoms with Crippen molar-refractivity contribution in [3.63, 3.8) is 0 Å². The molecule has 0 atom stereocenters. The molecule has 20 heavy (non-hydrogen) atoms. The van der Waals surface area contributed by atoms with E-state index in [1.807, 2.05) is 0 Å². The predicted octanol–water partition coefficient (Wildman–Crippen LogP) is 2.88. The fourth-order valence-electron chi connectivity index (χ4n) is 1.60. The molecule has 0 aliphatic rings. The molecule has 4 nitrogen and oxygen atoms in total. The van der Waals surface area contributed by atoms with Gasteiger partial charge in [-0.3, -0.25) is 0 Å². The highest BCUT2D eigenvalue weighted by atomic mass is 32.2. The zero-order valence-electron chi connectivity index (χ0n) is 10.8. The Morgan fingerprint density at radius 1 is 1.40 bits per heavy atom. The number of nitrogens with zero attached hydrogens (tertiary/aromatic N) is 1. The van der Waals surface area contributed by atoms with Gasteiger partial charge in [0.1, 0.15) is 11.5 Å². The number of esters is 1. The summed E-state index contributed by atoms with van der Waals surface area (Å²) in [6.45, 7) is 0. The largest absolute Gasteiger partial charge is 0.464 e. The maximum Gasteiger partial charge on any atom is 0.356 e. The number of benzene rings is 1. The number of hydrogen-bond donors (Lipinski definition) is 1. The lowest BCUT2D eigenvalue weighted by molar-refractivity contribution is 0.0594. The zero-order chi connectivity index (χ0) is 14.5. The van der Waals surface area contributed by atoms with Gasteiger partial charge in [-0.05, 0) is 30.3 Å². The van der Waals surface area contributed by atoms with Gasteiger partial charge < -0.3 is 10.5 Å². The van der Waals surface area contributed by atoms with Gasteiger partial charge in [-0.2, -0.15) is 0 Å². The van der Waals surface area contributed by atoms with Crippen LogP contribution in [-0.4, -0.2) is 18.1 Å². The summed E-state index contributed by atoms with van der Waals surface area (Å²) < 4.78 is 17.8. The first-order valence-corrected chi connectivity index (χ1v) is 6.80. The Kier molecular flexibility index (Phi) is 4.57. The summed E-state index contributed by atoms with van der Waals surface area (Å²) in [5, 5.41) is 0. The average molecular weight is 292 g/mol. The molecule has 0 aliphatic carbocycles. The van der Waals surface area contributed by atoms with E-state index in [2.05, 4.69) is 9.72 Å². The number of halogens is 1. The first-order valence-electron chi connectivity index (χ1n) is 5.81. The van der Waals surface area contributed by atoms with E-state index >= 15 is 0 Å². The number of anilines is 1. The van der Waals surface area contributed by atoms with Crippen LogP contribution in [0.2, 0.25) is 0 Å². The summed E-state index contributed by atoms with van der Waals surface area (Å²) in [7, 11) is 1.31. The number of nitrogen functional groups attached to an aromatic ring is 1. The van der Waals surface area contributed by atoms with Crippen LogP contribution in [0.25, 0.3) is 0 Å². The van der Waals surface area contributed by atoms with E-state index in [-0.39, 0.29) is 11.5 Å². The molecule has 104 valence electrons. The summed E-state index contributed by atoms with van der Waals surface area (Å²) >= 11 is 1.40. The lowest BCUT2D eigenvalue weighted by Gasteiger charge is -2.05. The van der Waals surface area contributed by atoms with Crippen LogP contribution in [0.3, 0.4) is 0 Å². The topological polar surface area (TPSA) is 65.2 Å². The van der Waals surface area contributed by atoms with Crippen LogP contribution in [0.15, 0.2) is 41.3 Å². The van der Waals surface area contributed by atoms with Gasteiger partial charge in [-0.15, -0.1) is 11.8 Å². The number of aromatic nitrogens is 1. The van der Waals surface area contributed by atoms with Gasteiger partial charge in [0.25, 0.3) is 0 Å². The molecule has 0 fully saturated rings. The summed E-state index contributed by atoms with van der Waals surface area (Å²) in [5.41, 5.74) is 6.92. The minimum Gasteiger partial charge on any atom is -0.464 e. The summed E-state index contributed by atoms with van der Waals surface area (Å²) in [6.07, 6.45) is 0. The van der Waals surface area contributed by atoms with Crippen molar-refractivity contribution in [3.05, 3.63) is 53.6 Å². The second-order valence-electron chi connectivity index (χ2n) is 4.01. The number of nitrogens with two attached hydrogens (primary N) is 1. The number of hydrogen-bond acceptors (Lipinski definition) is 5. The maximum absolute atomic E-state index is 13.2. The van der Waals surface area contributed by atoms with Crippen LogP contribution in [0.5, 0.6) is 0 Å². The highest BCUT2D eigenvalue weighted by Crippen LogP contribution is 2.25. The SMILES string of the molecule is COC(=O)c1cccc(CSc2cc(N)cc(F)c2)n1. The van der Waals surface area contributed by atoms with Gasteiger partial charge >= 0.3 is 5.97 Å². The number of ether oxygens (including phenoxy) is 1. The monoisotopic (exact) mass is 292 g/mol. The van der Waals surface area contributed by atoms with Gasteiger partial charge in [0.15, 0.2) is 0 Å². The van der Waals surface area contributed by atoms with Crippen LogP contribution in [0, 0.1) is 5.82 Å². The molecule has 0 saturated heterocycles. The van der Waals surface area contributed by atoms with E-state index in [1.54, 1.807) is 24.3 Å². The van der Waals surface area contributed by atoms with Crippen molar-refractivity contribution in [1.29, 1.82) is 0 Å². The summed E-state index contributed by atoms with van der Waals surface area (Å²) in [6, 6.07) is 9.47. The van der Waals surface area contributed by atoms with E-state index in [1.165, 1.54) is 31.0 Å². The molecule has 1 heterocycles. The van der Waals surface area contributed by atoms with Crippen molar-refractivity contribution in [3.8, 4) is 0 Å². The van der Waals surface area contributed by atoms with Crippen molar-refractivity contribution in [2.45, 2.75) is 10.6 Å². The number of pyridine rings is 1. The standard InChI is InChI=1S/C14H13FN2O2S/c1-19-14(18)13-4-2-3-11(17-13)8-20-12-6-9(15)5-10(16)7-12/h2-7H,8,16H2,1H3. The van der Waals surface area contributed by atoms with E-state index in [4.69, 9.17) is 5.73 Å². The molecule has 0 saturated carbocycles. The highest BCUT2D eigenvalue weighted by Gasteiger charge is 2.08. The van der Waals surface area contributed by atoms with Crippen molar-refractivity contribution >= 4 is 23.4 Å². The molecule has 0 bridgehead atoms. The molecule has 6 heteroatoms.